The van der Waals surface area contributed by atoms with Gasteiger partial charge < -0.3 is 0 Å². The van der Waals surface area contributed by atoms with Gasteiger partial charge in [0.1, 0.15) is 5.67 Å². The predicted octanol–water partition coefficient (Wildman–Crippen LogP) is 4.34. The van der Waals surface area contributed by atoms with E-state index >= 15 is 0 Å². The summed E-state index contributed by atoms with van der Waals surface area (Å²) in [6.07, 6.45) is -1.57. The van der Waals surface area contributed by atoms with Gasteiger partial charge in [0.15, 0.2) is 6.17 Å². The molecule has 1 atom stereocenters. The van der Waals surface area contributed by atoms with Crippen molar-refractivity contribution in [3.8, 4) is 0 Å². The van der Waals surface area contributed by atoms with Crippen LogP contribution in [0.5, 0.6) is 0 Å². The average Bonchev–Trinajstić information content (AvgIpc) is 2.15. The first-order valence-electron chi connectivity index (χ1n) is 4.43. The van der Waals surface area contributed by atoms with Crippen LogP contribution >= 0.6 is 15.9 Å². The third kappa shape index (κ3) is 2.77. The van der Waals surface area contributed by atoms with Crippen LogP contribution in [0.15, 0.2) is 24.3 Å². The molecule has 0 N–H and O–H groups in total. The number of rotatable bonds is 3. The maximum absolute atomic E-state index is 13.6. The van der Waals surface area contributed by atoms with Crippen LogP contribution in [0, 0.1) is 0 Å². The van der Waals surface area contributed by atoms with Crippen LogP contribution in [-0.2, 0) is 5.33 Å². The van der Waals surface area contributed by atoms with Gasteiger partial charge in [0.2, 0.25) is 0 Å². The van der Waals surface area contributed by atoms with Crippen LogP contribution in [0.25, 0.3) is 0 Å². The van der Waals surface area contributed by atoms with Gasteiger partial charge >= 0.3 is 0 Å². The molecule has 1 unspecified atom stereocenters. The van der Waals surface area contributed by atoms with Gasteiger partial charge in [0, 0.05) is 5.33 Å². The number of benzene rings is 1. The first-order chi connectivity index (χ1) is 6.45. The van der Waals surface area contributed by atoms with Crippen LogP contribution in [0.1, 0.15) is 31.1 Å². The van der Waals surface area contributed by atoms with E-state index in [1.807, 2.05) is 6.07 Å². The van der Waals surface area contributed by atoms with Crippen molar-refractivity contribution < 1.29 is 8.78 Å². The molecule has 1 rings (SSSR count). The van der Waals surface area contributed by atoms with E-state index in [9.17, 15) is 8.78 Å². The Morgan fingerprint density at radius 2 is 2.07 bits per heavy atom. The Morgan fingerprint density at radius 1 is 1.43 bits per heavy atom. The molecule has 1 aromatic carbocycles. The van der Waals surface area contributed by atoms with Crippen LogP contribution in [0.2, 0.25) is 0 Å². The molecule has 14 heavy (non-hydrogen) atoms. The summed E-state index contributed by atoms with van der Waals surface area (Å²) in [7, 11) is 0. The lowest BCUT2D eigenvalue weighted by Crippen LogP contribution is -2.20. The molecule has 0 nitrogen and oxygen atoms in total. The summed E-state index contributed by atoms with van der Waals surface area (Å²) in [6, 6.07) is 6.90. The zero-order valence-corrected chi connectivity index (χ0v) is 9.81. The molecule has 0 amide bonds. The van der Waals surface area contributed by atoms with Crippen molar-refractivity contribution in [2.45, 2.75) is 31.0 Å². The van der Waals surface area contributed by atoms with Gasteiger partial charge in [0.05, 0.1) is 0 Å². The van der Waals surface area contributed by atoms with E-state index in [0.29, 0.717) is 10.9 Å². The fraction of sp³-hybridized carbons (Fsp3) is 0.455. The second kappa shape index (κ2) is 4.39. The summed E-state index contributed by atoms with van der Waals surface area (Å²) in [5.41, 5.74) is -0.478. The Balaban J connectivity index is 2.95. The number of alkyl halides is 3. The smallest absolute Gasteiger partial charge is 0.158 e. The number of hydrogen-bond donors (Lipinski definition) is 0. The molecule has 0 aromatic heterocycles. The van der Waals surface area contributed by atoms with Crippen LogP contribution in [0.4, 0.5) is 8.78 Å². The Bertz CT molecular complexity index is 304. The van der Waals surface area contributed by atoms with Gasteiger partial charge in [-0.25, -0.2) is 8.78 Å². The van der Waals surface area contributed by atoms with Gasteiger partial charge in [-0.2, -0.15) is 0 Å². The Morgan fingerprint density at radius 3 is 2.57 bits per heavy atom. The lowest BCUT2D eigenvalue weighted by molar-refractivity contribution is 0.0852. The topological polar surface area (TPSA) is 0 Å². The standard InChI is InChI=1S/C11H13BrF2/c1-11(2,14)10(13)9-5-3-4-8(6-9)7-12/h3-6,10H,7H2,1-2H3. The van der Waals surface area contributed by atoms with E-state index < -0.39 is 11.8 Å². The summed E-state index contributed by atoms with van der Waals surface area (Å²) in [6.45, 7) is 2.50. The largest absolute Gasteiger partial charge is 0.241 e. The van der Waals surface area contributed by atoms with Crippen molar-refractivity contribution in [2.75, 3.05) is 0 Å². The monoisotopic (exact) mass is 262 g/mol. The average molecular weight is 263 g/mol. The molecular formula is C11H13BrF2. The zero-order valence-electron chi connectivity index (χ0n) is 8.23. The van der Waals surface area contributed by atoms with Crippen molar-refractivity contribution in [2.24, 2.45) is 0 Å². The maximum atomic E-state index is 13.6. The third-order valence-electron chi connectivity index (χ3n) is 2.00. The van der Waals surface area contributed by atoms with Crippen molar-refractivity contribution in [3.63, 3.8) is 0 Å². The van der Waals surface area contributed by atoms with Crippen LogP contribution in [-0.4, -0.2) is 5.67 Å². The molecule has 0 saturated heterocycles. The maximum Gasteiger partial charge on any atom is 0.158 e. The Hall–Kier alpha value is -0.440. The summed E-state index contributed by atoms with van der Waals surface area (Å²) in [4.78, 5) is 0. The lowest BCUT2D eigenvalue weighted by Gasteiger charge is -2.20. The van der Waals surface area contributed by atoms with Gasteiger partial charge in [-0.1, -0.05) is 40.2 Å². The Kier molecular flexibility index (Phi) is 3.65. The molecule has 78 valence electrons. The van der Waals surface area contributed by atoms with Gasteiger partial charge in [-0.3, -0.25) is 0 Å². The zero-order chi connectivity index (χ0) is 10.8. The minimum atomic E-state index is -1.83. The second-order valence-corrected chi connectivity index (χ2v) is 4.37. The molecule has 0 aliphatic carbocycles. The van der Waals surface area contributed by atoms with Crippen molar-refractivity contribution in [1.82, 2.24) is 0 Å². The summed E-state index contributed by atoms with van der Waals surface area (Å²) >= 11 is 3.28. The van der Waals surface area contributed by atoms with Gasteiger partial charge in [-0.05, 0) is 25.0 Å². The fourth-order valence-corrected chi connectivity index (χ4v) is 1.58. The summed E-state index contributed by atoms with van der Waals surface area (Å²) in [5.74, 6) is 0. The molecule has 3 heteroatoms. The Labute approximate surface area is 91.5 Å². The molecule has 0 aliphatic rings. The molecule has 0 spiro atoms. The molecule has 0 bridgehead atoms. The highest BCUT2D eigenvalue weighted by atomic mass is 79.9. The third-order valence-corrected chi connectivity index (χ3v) is 2.65. The molecule has 0 fully saturated rings. The van der Waals surface area contributed by atoms with E-state index in [-0.39, 0.29) is 0 Å². The van der Waals surface area contributed by atoms with Crippen LogP contribution in [0.3, 0.4) is 0 Å². The molecule has 0 aliphatic heterocycles. The SMILES string of the molecule is CC(C)(F)C(F)c1cccc(CBr)c1. The van der Waals surface area contributed by atoms with Crippen LogP contribution < -0.4 is 0 Å². The lowest BCUT2D eigenvalue weighted by atomic mass is 9.97. The van der Waals surface area contributed by atoms with E-state index in [0.717, 1.165) is 5.56 Å². The molecule has 1 aromatic rings. The van der Waals surface area contributed by atoms with Crippen molar-refractivity contribution in [1.29, 1.82) is 0 Å². The first-order valence-corrected chi connectivity index (χ1v) is 5.55. The van der Waals surface area contributed by atoms with E-state index in [1.54, 1.807) is 18.2 Å². The van der Waals surface area contributed by atoms with Crippen molar-refractivity contribution in [3.05, 3.63) is 35.4 Å². The molecular weight excluding hydrogens is 250 g/mol. The molecule has 0 saturated carbocycles. The summed E-state index contributed by atoms with van der Waals surface area (Å²) in [5, 5.41) is 0.653. The quantitative estimate of drug-likeness (QED) is 0.711. The highest BCUT2D eigenvalue weighted by Crippen LogP contribution is 2.32. The van der Waals surface area contributed by atoms with E-state index in [1.165, 1.54) is 13.8 Å². The molecule has 0 heterocycles. The fourth-order valence-electron chi connectivity index (χ4n) is 1.23. The number of halogens is 3. The van der Waals surface area contributed by atoms with Crippen molar-refractivity contribution >= 4 is 15.9 Å². The van der Waals surface area contributed by atoms with E-state index in [2.05, 4.69) is 15.9 Å². The summed E-state index contributed by atoms with van der Waals surface area (Å²) < 4.78 is 26.9. The van der Waals surface area contributed by atoms with Gasteiger partial charge in [-0.15, -0.1) is 0 Å². The number of hydrogen-bond acceptors (Lipinski definition) is 0. The van der Waals surface area contributed by atoms with Gasteiger partial charge in [0.25, 0.3) is 0 Å². The van der Waals surface area contributed by atoms with E-state index in [4.69, 9.17) is 0 Å². The highest BCUT2D eigenvalue weighted by molar-refractivity contribution is 9.08. The minimum Gasteiger partial charge on any atom is -0.241 e. The predicted molar refractivity (Wildman–Crippen MR) is 58.1 cm³/mol. The normalized spacial score (nSPS) is 14.1. The second-order valence-electron chi connectivity index (χ2n) is 3.81. The first kappa shape index (κ1) is 11.6. The highest BCUT2D eigenvalue weighted by Gasteiger charge is 2.30. The minimum absolute atomic E-state index is 0.398. The molecule has 0 radical (unpaired) electrons.